The molecule has 0 saturated carbocycles. The normalized spacial score (nSPS) is 14.7. The number of benzene rings is 2. The van der Waals surface area contributed by atoms with Crippen LogP contribution in [0.1, 0.15) is 25.0 Å². The van der Waals surface area contributed by atoms with Crippen LogP contribution in [0.3, 0.4) is 0 Å². The van der Waals surface area contributed by atoms with E-state index in [1.807, 2.05) is 38.1 Å². The predicted octanol–water partition coefficient (Wildman–Crippen LogP) is 3.84. The van der Waals surface area contributed by atoms with Crippen LogP contribution in [-0.4, -0.2) is 32.2 Å². The summed E-state index contributed by atoms with van der Waals surface area (Å²) >= 11 is 0. The van der Waals surface area contributed by atoms with Crippen molar-refractivity contribution in [2.24, 2.45) is 4.99 Å². The number of methoxy groups -OCH3 is 1. The molecule has 6 nitrogen and oxygen atoms in total. The molecule has 0 atom stereocenters. The quantitative estimate of drug-likeness (QED) is 0.549. The number of carbonyl (C=O) groups is 1. The van der Waals surface area contributed by atoms with E-state index in [1.165, 1.54) is 0 Å². The van der Waals surface area contributed by atoms with Crippen molar-refractivity contribution in [2.45, 2.75) is 13.8 Å². The fraction of sp³-hybridized carbons (Fsp3) is 0.238. The highest BCUT2D eigenvalue weighted by Crippen LogP contribution is 2.30. The van der Waals surface area contributed by atoms with Gasteiger partial charge in [0.2, 0.25) is 5.90 Å². The Labute approximate surface area is 158 Å². The Morgan fingerprint density at radius 2 is 1.70 bits per heavy atom. The lowest BCUT2D eigenvalue weighted by molar-refractivity contribution is -0.129. The van der Waals surface area contributed by atoms with Gasteiger partial charge in [0, 0.05) is 5.56 Å². The summed E-state index contributed by atoms with van der Waals surface area (Å²) in [4.78, 5) is 16.5. The fourth-order valence-electron chi connectivity index (χ4n) is 2.57. The minimum Gasteiger partial charge on any atom is -0.497 e. The standard InChI is InChI=1S/C21H21NO5/c1-4-25-18-11-8-15(13-19(18)26-5-2)20-22-17(21(23)27-20)12-14-6-9-16(24-3)10-7-14/h6-13H,4-5H2,1-3H3/b17-12-. The first-order valence-corrected chi connectivity index (χ1v) is 8.71. The van der Waals surface area contributed by atoms with Gasteiger partial charge >= 0.3 is 5.97 Å². The molecule has 6 heteroatoms. The van der Waals surface area contributed by atoms with Crippen molar-refractivity contribution >= 4 is 17.9 Å². The fourth-order valence-corrected chi connectivity index (χ4v) is 2.57. The minimum atomic E-state index is -0.493. The molecule has 140 valence electrons. The van der Waals surface area contributed by atoms with Crippen LogP contribution in [0, 0.1) is 0 Å². The van der Waals surface area contributed by atoms with Crippen molar-refractivity contribution in [3.63, 3.8) is 0 Å². The molecule has 0 aromatic heterocycles. The van der Waals surface area contributed by atoms with Crippen molar-refractivity contribution in [2.75, 3.05) is 20.3 Å². The van der Waals surface area contributed by atoms with Gasteiger partial charge in [-0.3, -0.25) is 0 Å². The van der Waals surface area contributed by atoms with Gasteiger partial charge in [0.15, 0.2) is 17.2 Å². The van der Waals surface area contributed by atoms with E-state index in [4.69, 9.17) is 18.9 Å². The number of cyclic esters (lactones) is 1. The highest BCUT2D eigenvalue weighted by molar-refractivity contribution is 6.13. The molecule has 1 aliphatic heterocycles. The number of hydrogen-bond acceptors (Lipinski definition) is 6. The molecule has 0 amide bonds. The Balaban J connectivity index is 1.88. The number of nitrogens with zero attached hydrogens (tertiary/aromatic N) is 1. The SMILES string of the molecule is CCOc1ccc(C2=N/C(=C\c3ccc(OC)cc3)C(=O)O2)cc1OCC. The molecule has 0 spiro atoms. The summed E-state index contributed by atoms with van der Waals surface area (Å²) in [6, 6.07) is 12.7. The van der Waals surface area contributed by atoms with Crippen molar-refractivity contribution in [3.05, 3.63) is 59.3 Å². The summed E-state index contributed by atoms with van der Waals surface area (Å²) < 4.78 is 21.6. The minimum absolute atomic E-state index is 0.238. The average Bonchev–Trinajstić information content (AvgIpc) is 3.04. The van der Waals surface area contributed by atoms with Crippen LogP contribution in [-0.2, 0) is 9.53 Å². The van der Waals surface area contributed by atoms with Gasteiger partial charge < -0.3 is 18.9 Å². The molecule has 0 unspecified atom stereocenters. The lowest BCUT2D eigenvalue weighted by Gasteiger charge is -2.11. The number of esters is 1. The van der Waals surface area contributed by atoms with Gasteiger partial charge in [0.25, 0.3) is 0 Å². The molecule has 2 aromatic carbocycles. The van der Waals surface area contributed by atoms with Crippen LogP contribution in [0.25, 0.3) is 6.08 Å². The summed E-state index contributed by atoms with van der Waals surface area (Å²) in [5, 5.41) is 0. The van der Waals surface area contributed by atoms with E-state index in [2.05, 4.69) is 4.99 Å². The van der Waals surface area contributed by atoms with Gasteiger partial charge in [-0.05, 0) is 55.8 Å². The van der Waals surface area contributed by atoms with Crippen LogP contribution in [0.5, 0.6) is 17.2 Å². The molecule has 1 heterocycles. The maximum atomic E-state index is 12.2. The number of ether oxygens (including phenoxy) is 4. The Hall–Kier alpha value is -3.28. The van der Waals surface area contributed by atoms with Crippen LogP contribution in [0.15, 0.2) is 53.2 Å². The second-order valence-corrected chi connectivity index (χ2v) is 5.64. The Bertz CT molecular complexity index is 884. The van der Waals surface area contributed by atoms with Crippen LogP contribution < -0.4 is 14.2 Å². The van der Waals surface area contributed by atoms with E-state index in [0.29, 0.717) is 30.3 Å². The van der Waals surface area contributed by atoms with Crippen LogP contribution in [0.4, 0.5) is 0 Å². The maximum Gasteiger partial charge on any atom is 0.363 e. The summed E-state index contributed by atoms with van der Waals surface area (Å²) in [5.41, 5.74) is 1.71. The Morgan fingerprint density at radius 1 is 1.00 bits per heavy atom. The highest BCUT2D eigenvalue weighted by Gasteiger charge is 2.25. The predicted molar refractivity (Wildman–Crippen MR) is 102 cm³/mol. The topological polar surface area (TPSA) is 66.4 Å². The van der Waals surface area contributed by atoms with Gasteiger partial charge in [0.05, 0.1) is 20.3 Å². The summed E-state index contributed by atoms with van der Waals surface area (Å²) in [5.74, 6) is 1.72. The second kappa shape index (κ2) is 8.40. The first-order chi connectivity index (χ1) is 13.1. The second-order valence-electron chi connectivity index (χ2n) is 5.64. The smallest absolute Gasteiger partial charge is 0.363 e. The van der Waals surface area contributed by atoms with Crippen molar-refractivity contribution in [1.82, 2.24) is 0 Å². The first kappa shape index (κ1) is 18.5. The summed E-state index contributed by atoms with van der Waals surface area (Å²) in [6.45, 7) is 4.83. The van der Waals surface area contributed by atoms with Gasteiger partial charge in [-0.15, -0.1) is 0 Å². The van der Waals surface area contributed by atoms with E-state index < -0.39 is 5.97 Å². The molecule has 27 heavy (non-hydrogen) atoms. The Kier molecular flexibility index (Phi) is 5.76. The molecule has 3 rings (SSSR count). The van der Waals surface area contributed by atoms with E-state index in [-0.39, 0.29) is 11.6 Å². The van der Waals surface area contributed by atoms with Crippen LogP contribution in [0.2, 0.25) is 0 Å². The van der Waals surface area contributed by atoms with Gasteiger partial charge in [-0.2, -0.15) is 0 Å². The largest absolute Gasteiger partial charge is 0.497 e. The lowest BCUT2D eigenvalue weighted by atomic mass is 10.2. The van der Waals surface area contributed by atoms with Gasteiger partial charge in [-0.1, -0.05) is 12.1 Å². The lowest BCUT2D eigenvalue weighted by Crippen LogP contribution is -2.06. The third kappa shape index (κ3) is 4.28. The molecule has 0 fully saturated rings. The molecule has 0 aliphatic carbocycles. The van der Waals surface area contributed by atoms with Gasteiger partial charge in [-0.25, -0.2) is 9.79 Å². The molecule has 0 N–H and O–H groups in total. The van der Waals surface area contributed by atoms with Gasteiger partial charge in [0.1, 0.15) is 5.75 Å². The molecule has 0 bridgehead atoms. The van der Waals surface area contributed by atoms with E-state index >= 15 is 0 Å². The van der Waals surface area contributed by atoms with E-state index in [9.17, 15) is 4.79 Å². The van der Waals surface area contributed by atoms with Crippen molar-refractivity contribution in [3.8, 4) is 17.2 Å². The third-order valence-corrected chi connectivity index (χ3v) is 3.83. The molecule has 0 radical (unpaired) electrons. The third-order valence-electron chi connectivity index (χ3n) is 3.83. The van der Waals surface area contributed by atoms with Crippen molar-refractivity contribution < 1.29 is 23.7 Å². The molecular weight excluding hydrogens is 346 g/mol. The number of aliphatic imine (C=N–C) groups is 1. The monoisotopic (exact) mass is 367 g/mol. The molecule has 2 aromatic rings. The number of rotatable bonds is 7. The number of carbonyl (C=O) groups excluding carboxylic acids is 1. The highest BCUT2D eigenvalue weighted by atomic mass is 16.6. The maximum absolute atomic E-state index is 12.2. The molecular formula is C21H21NO5. The summed E-state index contributed by atoms with van der Waals surface area (Å²) in [6.07, 6.45) is 1.67. The zero-order chi connectivity index (χ0) is 19.2. The zero-order valence-electron chi connectivity index (χ0n) is 15.5. The average molecular weight is 367 g/mol. The molecule has 0 saturated heterocycles. The Morgan fingerprint density at radius 3 is 2.37 bits per heavy atom. The summed E-state index contributed by atoms with van der Waals surface area (Å²) in [7, 11) is 1.60. The zero-order valence-corrected chi connectivity index (χ0v) is 15.5. The van der Waals surface area contributed by atoms with Crippen LogP contribution >= 0.6 is 0 Å². The first-order valence-electron chi connectivity index (χ1n) is 8.71. The van der Waals surface area contributed by atoms with E-state index in [0.717, 1.165) is 11.3 Å². The van der Waals surface area contributed by atoms with E-state index in [1.54, 1.807) is 31.4 Å². The van der Waals surface area contributed by atoms with Crippen molar-refractivity contribution in [1.29, 1.82) is 0 Å². The number of hydrogen-bond donors (Lipinski definition) is 0. The molecule has 1 aliphatic rings.